The average molecular weight is 569 g/mol. The Morgan fingerprint density at radius 2 is 1.71 bits per heavy atom. The summed E-state index contributed by atoms with van der Waals surface area (Å²) in [5.41, 5.74) is 1.64. The second-order valence-electron chi connectivity index (χ2n) is 9.85. The van der Waals surface area contributed by atoms with E-state index in [2.05, 4.69) is 5.32 Å². The minimum absolute atomic E-state index is 0.0142. The Hall–Kier alpha value is -4.34. The summed E-state index contributed by atoms with van der Waals surface area (Å²) < 4.78 is 49.1. The molecule has 0 spiro atoms. The van der Waals surface area contributed by atoms with Gasteiger partial charge >= 0.3 is 12.3 Å². The van der Waals surface area contributed by atoms with E-state index < -0.39 is 35.7 Å². The Labute approximate surface area is 236 Å². The van der Waals surface area contributed by atoms with Gasteiger partial charge in [0.2, 0.25) is 5.91 Å². The standard InChI is InChI=1S/C31H31F3N2O5/c1-3-23(29(38)36-25(19-41-30(36)39)16-20-7-5-4-6-8-20)15-22-11-14-27(40-2)26(17-22)28(37)35-18-21-9-12-24(13-10-21)31(32,33)34/h4-14,17,23,25H,3,15-16,18-19H2,1-2H3,(H,35,37)/t23-,25+/m0/s1. The number of cyclic esters (lactones) is 1. The van der Waals surface area contributed by atoms with Gasteiger partial charge in [0, 0.05) is 12.5 Å². The lowest BCUT2D eigenvalue weighted by molar-refractivity contribution is -0.137. The Balaban J connectivity index is 1.45. The van der Waals surface area contributed by atoms with Crippen LogP contribution in [0.3, 0.4) is 0 Å². The van der Waals surface area contributed by atoms with Crippen LogP contribution in [0.4, 0.5) is 18.0 Å². The van der Waals surface area contributed by atoms with Crippen molar-refractivity contribution in [1.29, 1.82) is 0 Å². The van der Waals surface area contributed by atoms with Crippen LogP contribution >= 0.6 is 0 Å². The maximum absolute atomic E-state index is 13.5. The summed E-state index contributed by atoms with van der Waals surface area (Å²) in [4.78, 5) is 40.3. The summed E-state index contributed by atoms with van der Waals surface area (Å²) in [5, 5.41) is 2.71. The molecule has 1 heterocycles. The molecule has 41 heavy (non-hydrogen) atoms. The van der Waals surface area contributed by atoms with Gasteiger partial charge in [-0.1, -0.05) is 55.5 Å². The highest BCUT2D eigenvalue weighted by molar-refractivity contribution is 5.97. The van der Waals surface area contributed by atoms with Crippen molar-refractivity contribution in [3.63, 3.8) is 0 Å². The van der Waals surface area contributed by atoms with Gasteiger partial charge in [-0.2, -0.15) is 13.2 Å². The molecule has 0 aliphatic carbocycles. The van der Waals surface area contributed by atoms with Crippen LogP contribution in [0.25, 0.3) is 0 Å². The third kappa shape index (κ3) is 7.25. The highest BCUT2D eigenvalue weighted by atomic mass is 19.4. The molecule has 3 amide bonds. The van der Waals surface area contributed by atoms with E-state index in [0.29, 0.717) is 29.7 Å². The van der Waals surface area contributed by atoms with E-state index >= 15 is 0 Å². The number of nitrogens with one attached hydrogen (secondary N) is 1. The Bertz CT molecular complexity index is 1380. The fourth-order valence-electron chi connectivity index (χ4n) is 4.80. The van der Waals surface area contributed by atoms with Gasteiger partial charge < -0.3 is 14.8 Å². The van der Waals surface area contributed by atoms with Crippen LogP contribution in [-0.4, -0.2) is 42.6 Å². The van der Waals surface area contributed by atoms with Crippen LogP contribution in [-0.2, 0) is 35.1 Å². The van der Waals surface area contributed by atoms with Crippen molar-refractivity contribution >= 4 is 17.9 Å². The summed E-state index contributed by atoms with van der Waals surface area (Å²) in [5.74, 6) is -1.03. The lowest BCUT2D eigenvalue weighted by atomic mass is 9.93. The van der Waals surface area contributed by atoms with E-state index in [0.717, 1.165) is 17.7 Å². The summed E-state index contributed by atoms with van der Waals surface area (Å²) in [6.07, 6.45) is -3.87. The van der Waals surface area contributed by atoms with Gasteiger partial charge in [-0.05, 0) is 60.2 Å². The maximum Gasteiger partial charge on any atom is 0.416 e. The zero-order valence-electron chi connectivity index (χ0n) is 22.7. The topological polar surface area (TPSA) is 84.9 Å². The third-order valence-electron chi connectivity index (χ3n) is 7.08. The molecule has 0 bridgehead atoms. The predicted octanol–water partition coefficient (Wildman–Crippen LogP) is 5.80. The fraction of sp³-hybridized carbons (Fsp3) is 0.323. The van der Waals surface area contributed by atoms with Crippen molar-refractivity contribution in [2.45, 2.75) is 44.9 Å². The lowest BCUT2D eigenvalue weighted by Crippen LogP contribution is -2.44. The van der Waals surface area contributed by atoms with Gasteiger partial charge in [0.1, 0.15) is 12.4 Å². The zero-order chi connectivity index (χ0) is 29.6. The summed E-state index contributed by atoms with van der Waals surface area (Å²) >= 11 is 0. The number of hydrogen-bond donors (Lipinski definition) is 1. The number of benzene rings is 3. The van der Waals surface area contributed by atoms with Crippen molar-refractivity contribution in [3.05, 3.63) is 101 Å². The molecule has 2 atom stereocenters. The number of nitrogens with zero attached hydrogens (tertiary/aromatic N) is 1. The van der Waals surface area contributed by atoms with Gasteiger partial charge in [-0.15, -0.1) is 0 Å². The summed E-state index contributed by atoms with van der Waals surface area (Å²) in [6, 6.07) is 18.7. The average Bonchev–Trinajstić information content (AvgIpc) is 3.33. The monoisotopic (exact) mass is 568 g/mol. The first-order chi connectivity index (χ1) is 19.6. The molecule has 3 aromatic carbocycles. The quantitative estimate of drug-likeness (QED) is 0.334. The van der Waals surface area contributed by atoms with Crippen LogP contribution in [0.2, 0.25) is 0 Å². The molecule has 0 radical (unpaired) electrons. The fourth-order valence-corrected chi connectivity index (χ4v) is 4.80. The molecular weight excluding hydrogens is 537 g/mol. The smallest absolute Gasteiger partial charge is 0.416 e. The number of amides is 3. The van der Waals surface area contributed by atoms with E-state index in [9.17, 15) is 27.6 Å². The molecule has 7 nitrogen and oxygen atoms in total. The molecule has 3 aromatic rings. The van der Waals surface area contributed by atoms with Crippen molar-refractivity contribution in [2.24, 2.45) is 5.92 Å². The molecule has 4 rings (SSSR count). The highest BCUT2D eigenvalue weighted by Crippen LogP contribution is 2.29. The number of imide groups is 1. The first kappa shape index (κ1) is 29.6. The normalized spacial score (nSPS) is 15.8. The van der Waals surface area contributed by atoms with E-state index in [4.69, 9.17) is 9.47 Å². The van der Waals surface area contributed by atoms with Crippen molar-refractivity contribution in [2.75, 3.05) is 13.7 Å². The molecule has 1 N–H and O–H groups in total. The molecule has 10 heteroatoms. The first-order valence-electron chi connectivity index (χ1n) is 13.3. The minimum atomic E-state index is -4.44. The highest BCUT2D eigenvalue weighted by Gasteiger charge is 2.40. The number of rotatable bonds is 10. The molecule has 0 saturated carbocycles. The van der Waals surface area contributed by atoms with E-state index in [1.165, 1.54) is 24.1 Å². The summed E-state index contributed by atoms with van der Waals surface area (Å²) in [6.45, 7) is 2.00. The predicted molar refractivity (Wildman–Crippen MR) is 145 cm³/mol. The minimum Gasteiger partial charge on any atom is -0.496 e. The first-order valence-corrected chi connectivity index (χ1v) is 13.3. The van der Waals surface area contributed by atoms with Crippen molar-refractivity contribution < 1.29 is 37.0 Å². The number of carbonyl (C=O) groups excluding carboxylic acids is 3. The van der Waals surface area contributed by atoms with Gasteiger partial charge in [-0.3, -0.25) is 9.59 Å². The lowest BCUT2D eigenvalue weighted by Gasteiger charge is -2.24. The second kappa shape index (κ2) is 12.9. The molecular formula is C31H31F3N2O5. The van der Waals surface area contributed by atoms with Crippen LogP contribution in [0.1, 0.15) is 46.0 Å². The van der Waals surface area contributed by atoms with E-state index in [-0.39, 0.29) is 31.0 Å². The Morgan fingerprint density at radius 1 is 1.02 bits per heavy atom. The number of halogens is 3. The van der Waals surface area contributed by atoms with Crippen LogP contribution < -0.4 is 10.1 Å². The number of carbonyl (C=O) groups is 3. The maximum atomic E-state index is 13.5. The van der Waals surface area contributed by atoms with Gasteiger partial charge in [-0.25, -0.2) is 9.69 Å². The molecule has 1 aliphatic rings. The molecule has 0 unspecified atom stereocenters. The number of ether oxygens (including phenoxy) is 2. The van der Waals surface area contributed by atoms with Crippen molar-refractivity contribution in [1.82, 2.24) is 10.2 Å². The van der Waals surface area contributed by atoms with Gasteiger partial charge in [0.25, 0.3) is 5.91 Å². The third-order valence-corrected chi connectivity index (χ3v) is 7.08. The Kier molecular flexibility index (Phi) is 9.31. The summed E-state index contributed by atoms with van der Waals surface area (Å²) in [7, 11) is 1.42. The van der Waals surface area contributed by atoms with Crippen LogP contribution in [0.5, 0.6) is 5.75 Å². The number of hydrogen-bond acceptors (Lipinski definition) is 5. The number of methoxy groups -OCH3 is 1. The zero-order valence-corrected chi connectivity index (χ0v) is 22.7. The SMILES string of the molecule is CC[C@@H](Cc1ccc(OC)c(C(=O)NCc2ccc(C(F)(F)F)cc2)c1)C(=O)N1C(=O)OC[C@H]1Cc1ccccc1. The van der Waals surface area contributed by atoms with Crippen molar-refractivity contribution in [3.8, 4) is 5.75 Å². The molecule has 216 valence electrons. The number of alkyl halides is 3. The molecule has 1 aliphatic heterocycles. The van der Waals surface area contributed by atoms with Crippen LogP contribution in [0.15, 0.2) is 72.8 Å². The van der Waals surface area contributed by atoms with E-state index in [1.807, 2.05) is 37.3 Å². The van der Waals surface area contributed by atoms with E-state index in [1.54, 1.807) is 18.2 Å². The van der Waals surface area contributed by atoms with Gasteiger partial charge in [0.05, 0.1) is 24.3 Å². The molecule has 0 aromatic heterocycles. The van der Waals surface area contributed by atoms with Gasteiger partial charge in [0.15, 0.2) is 0 Å². The second-order valence-corrected chi connectivity index (χ2v) is 9.85. The molecule has 1 saturated heterocycles. The largest absolute Gasteiger partial charge is 0.496 e. The molecule has 1 fully saturated rings. The van der Waals surface area contributed by atoms with Crippen LogP contribution in [0, 0.1) is 5.92 Å². The Morgan fingerprint density at radius 3 is 2.34 bits per heavy atom.